The molecule has 8 heteroatoms. The van der Waals surface area contributed by atoms with Crippen LogP contribution in [-0.2, 0) is 20.4 Å². The highest BCUT2D eigenvalue weighted by molar-refractivity contribution is 7.90. The number of sulfone groups is 1. The number of nitrogens with zero attached hydrogens (tertiary/aromatic N) is 1. The van der Waals surface area contributed by atoms with E-state index in [9.17, 15) is 13.2 Å². The van der Waals surface area contributed by atoms with E-state index < -0.39 is 9.84 Å². The number of carbonyl (C=O) groups excluding carboxylic acids is 1. The lowest BCUT2D eigenvalue weighted by Gasteiger charge is -2.06. The summed E-state index contributed by atoms with van der Waals surface area (Å²) in [6.07, 6.45) is 1.79. The standard InChI is InChI=1S/C13H13ClN2O3S2/c14-6-5-12(17)16-10-1-3-11(4-2-10)21(18,19)9-13-15-7-8-20-13/h1-4,7-8H,5-6,9H2,(H,16,17). The van der Waals surface area contributed by atoms with E-state index in [1.54, 1.807) is 23.7 Å². The zero-order chi connectivity index (χ0) is 15.3. The van der Waals surface area contributed by atoms with E-state index in [2.05, 4.69) is 10.3 Å². The summed E-state index contributed by atoms with van der Waals surface area (Å²) in [7, 11) is -3.42. The minimum atomic E-state index is -3.42. The molecule has 1 aromatic carbocycles. The topological polar surface area (TPSA) is 76.1 Å². The molecule has 2 rings (SSSR count). The van der Waals surface area contributed by atoms with Crippen LogP contribution < -0.4 is 5.32 Å². The average molecular weight is 345 g/mol. The third kappa shape index (κ3) is 4.52. The smallest absolute Gasteiger partial charge is 0.225 e. The van der Waals surface area contributed by atoms with Gasteiger partial charge < -0.3 is 5.32 Å². The van der Waals surface area contributed by atoms with Crippen molar-refractivity contribution in [2.75, 3.05) is 11.2 Å². The van der Waals surface area contributed by atoms with Gasteiger partial charge in [-0.05, 0) is 24.3 Å². The van der Waals surface area contributed by atoms with Crippen molar-refractivity contribution in [1.29, 1.82) is 0 Å². The van der Waals surface area contributed by atoms with Gasteiger partial charge in [0.15, 0.2) is 9.84 Å². The van der Waals surface area contributed by atoms with E-state index in [4.69, 9.17) is 11.6 Å². The molecule has 0 atom stereocenters. The van der Waals surface area contributed by atoms with Gasteiger partial charge >= 0.3 is 0 Å². The summed E-state index contributed by atoms with van der Waals surface area (Å²) in [5, 5.41) is 4.93. The van der Waals surface area contributed by atoms with E-state index in [0.29, 0.717) is 10.7 Å². The number of benzene rings is 1. The molecule has 1 N–H and O–H groups in total. The monoisotopic (exact) mass is 344 g/mol. The fourth-order valence-corrected chi connectivity index (χ4v) is 4.05. The van der Waals surface area contributed by atoms with Gasteiger partial charge in [-0.3, -0.25) is 4.79 Å². The SMILES string of the molecule is O=C(CCCl)Nc1ccc(S(=O)(=O)Cc2nccs2)cc1. The van der Waals surface area contributed by atoms with Gasteiger partial charge in [0.1, 0.15) is 10.8 Å². The van der Waals surface area contributed by atoms with Crippen molar-refractivity contribution in [2.24, 2.45) is 0 Å². The summed E-state index contributed by atoms with van der Waals surface area (Å²) < 4.78 is 24.4. The summed E-state index contributed by atoms with van der Waals surface area (Å²) >= 11 is 6.77. The Labute approximate surface area is 131 Å². The second-order valence-electron chi connectivity index (χ2n) is 4.20. The lowest BCUT2D eigenvalue weighted by molar-refractivity contribution is -0.115. The first-order chi connectivity index (χ1) is 10.0. The zero-order valence-corrected chi connectivity index (χ0v) is 13.3. The number of rotatable bonds is 6. The number of hydrogen-bond donors (Lipinski definition) is 1. The predicted octanol–water partition coefficient (Wildman–Crippen LogP) is 2.68. The molecule has 0 aliphatic rings. The number of halogens is 1. The first-order valence-electron chi connectivity index (χ1n) is 6.08. The molecule has 0 bridgehead atoms. The third-order valence-corrected chi connectivity index (χ3v) is 5.41. The molecular weight excluding hydrogens is 332 g/mol. The number of aromatic nitrogens is 1. The molecule has 5 nitrogen and oxygen atoms in total. The molecule has 2 aromatic rings. The van der Waals surface area contributed by atoms with Gasteiger partial charge in [-0.2, -0.15) is 0 Å². The molecule has 0 aliphatic heterocycles. The Morgan fingerprint density at radius 2 is 2.00 bits per heavy atom. The Morgan fingerprint density at radius 1 is 1.29 bits per heavy atom. The molecule has 0 saturated carbocycles. The van der Waals surface area contributed by atoms with Crippen LogP contribution >= 0.6 is 22.9 Å². The van der Waals surface area contributed by atoms with E-state index in [0.717, 1.165) is 0 Å². The van der Waals surface area contributed by atoms with E-state index >= 15 is 0 Å². The van der Waals surface area contributed by atoms with Crippen LogP contribution in [0.4, 0.5) is 5.69 Å². The average Bonchev–Trinajstić information content (AvgIpc) is 2.91. The van der Waals surface area contributed by atoms with Crippen LogP contribution in [0.1, 0.15) is 11.4 Å². The number of amides is 1. The Hall–Kier alpha value is -1.44. The number of anilines is 1. The number of carbonyl (C=O) groups is 1. The van der Waals surface area contributed by atoms with Crippen molar-refractivity contribution in [3.05, 3.63) is 40.8 Å². The summed E-state index contributed by atoms with van der Waals surface area (Å²) in [5.74, 6) is -0.0854. The predicted molar refractivity (Wildman–Crippen MR) is 83.4 cm³/mol. The van der Waals surface area contributed by atoms with Gasteiger partial charge in [-0.15, -0.1) is 22.9 Å². The summed E-state index contributed by atoms with van der Waals surface area (Å²) in [6.45, 7) is 0. The Bertz CT molecular complexity index is 698. The van der Waals surface area contributed by atoms with Crippen molar-refractivity contribution in [3.63, 3.8) is 0 Å². The molecule has 0 aliphatic carbocycles. The molecule has 21 heavy (non-hydrogen) atoms. The Kier molecular flexibility index (Phi) is 5.33. The summed E-state index contributed by atoms with van der Waals surface area (Å²) in [6, 6.07) is 6.06. The highest BCUT2D eigenvalue weighted by Crippen LogP contribution is 2.20. The van der Waals surface area contributed by atoms with Crippen LogP contribution in [0.15, 0.2) is 40.7 Å². The second kappa shape index (κ2) is 7.02. The quantitative estimate of drug-likeness (QED) is 0.817. The molecule has 0 saturated heterocycles. The van der Waals surface area contributed by atoms with Crippen molar-refractivity contribution < 1.29 is 13.2 Å². The maximum atomic E-state index is 12.2. The van der Waals surface area contributed by atoms with Crippen LogP contribution in [0.2, 0.25) is 0 Å². The summed E-state index contributed by atoms with van der Waals surface area (Å²) in [4.78, 5) is 15.6. The van der Waals surface area contributed by atoms with Crippen LogP contribution in [0.3, 0.4) is 0 Å². The van der Waals surface area contributed by atoms with Crippen LogP contribution in [-0.4, -0.2) is 25.2 Å². The van der Waals surface area contributed by atoms with Gasteiger partial charge in [-0.1, -0.05) is 0 Å². The van der Waals surface area contributed by atoms with Gasteiger partial charge in [0.2, 0.25) is 5.91 Å². The molecule has 112 valence electrons. The molecule has 0 fully saturated rings. The maximum absolute atomic E-state index is 12.2. The van der Waals surface area contributed by atoms with Crippen molar-refractivity contribution >= 4 is 44.4 Å². The van der Waals surface area contributed by atoms with Gasteiger partial charge in [0, 0.05) is 29.6 Å². The lowest BCUT2D eigenvalue weighted by Crippen LogP contribution is -2.12. The van der Waals surface area contributed by atoms with Crippen LogP contribution in [0.5, 0.6) is 0 Å². The van der Waals surface area contributed by atoms with Gasteiger partial charge in [-0.25, -0.2) is 13.4 Å². The van der Waals surface area contributed by atoms with Crippen LogP contribution in [0, 0.1) is 0 Å². The van der Waals surface area contributed by atoms with Crippen molar-refractivity contribution in [3.8, 4) is 0 Å². The molecule has 0 radical (unpaired) electrons. The second-order valence-corrected chi connectivity index (χ2v) is 7.54. The minimum Gasteiger partial charge on any atom is -0.326 e. The van der Waals surface area contributed by atoms with E-state index in [-0.39, 0.29) is 28.9 Å². The number of thiazole rings is 1. The summed E-state index contributed by atoms with van der Waals surface area (Å²) in [5.41, 5.74) is 0.540. The van der Waals surface area contributed by atoms with Crippen LogP contribution in [0.25, 0.3) is 0 Å². The van der Waals surface area contributed by atoms with E-state index in [1.165, 1.54) is 23.5 Å². The first kappa shape index (κ1) is 15.9. The zero-order valence-electron chi connectivity index (χ0n) is 11.0. The number of nitrogens with one attached hydrogen (secondary N) is 1. The fourth-order valence-electron chi connectivity index (χ4n) is 1.63. The fraction of sp³-hybridized carbons (Fsp3) is 0.231. The normalized spacial score (nSPS) is 11.3. The Morgan fingerprint density at radius 3 is 2.57 bits per heavy atom. The largest absolute Gasteiger partial charge is 0.326 e. The lowest BCUT2D eigenvalue weighted by atomic mass is 10.3. The number of hydrogen-bond acceptors (Lipinski definition) is 5. The van der Waals surface area contributed by atoms with Crippen molar-refractivity contribution in [1.82, 2.24) is 4.98 Å². The molecule has 0 unspecified atom stereocenters. The third-order valence-electron chi connectivity index (χ3n) is 2.62. The minimum absolute atomic E-state index is 0.122. The molecule has 1 heterocycles. The first-order valence-corrected chi connectivity index (χ1v) is 9.15. The van der Waals surface area contributed by atoms with E-state index in [1.807, 2.05) is 0 Å². The highest BCUT2D eigenvalue weighted by Gasteiger charge is 2.16. The highest BCUT2D eigenvalue weighted by atomic mass is 35.5. The Balaban J connectivity index is 2.09. The van der Waals surface area contributed by atoms with Gasteiger partial charge in [0.25, 0.3) is 0 Å². The van der Waals surface area contributed by atoms with Gasteiger partial charge in [0.05, 0.1) is 4.90 Å². The molecular formula is C13H13ClN2O3S2. The maximum Gasteiger partial charge on any atom is 0.225 e. The molecule has 1 aromatic heterocycles. The molecule has 0 spiro atoms. The van der Waals surface area contributed by atoms with Crippen molar-refractivity contribution in [2.45, 2.75) is 17.1 Å². The molecule has 1 amide bonds. The number of alkyl halides is 1.